The summed E-state index contributed by atoms with van der Waals surface area (Å²) in [6, 6.07) is 0. The van der Waals surface area contributed by atoms with Crippen molar-refractivity contribution in [1.82, 2.24) is 0 Å². The summed E-state index contributed by atoms with van der Waals surface area (Å²) in [4.78, 5) is 0. The zero-order valence-electron chi connectivity index (χ0n) is 8.32. The Hall–Kier alpha value is -0.580. The van der Waals surface area contributed by atoms with Crippen LogP contribution in [0.4, 0.5) is 0 Å². The molecule has 0 heterocycles. The van der Waals surface area contributed by atoms with Crippen molar-refractivity contribution in [3.63, 3.8) is 0 Å². The highest BCUT2D eigenvalue weighted by molar-refractivity contribution is 4.50. The summed E-state index contributed by atoms with van der Waals surface area (Å²) in [6.45, 7) is 7.49. The van der Waals surface area contributed by atoms with E-state index in [2.05, 4.69) is 6.58 Å². The first kappa shape index (κ1) is 12.4. The van der Waals surface area contributed by atoms with E-state index in [1.807, 2.05) is 6.92 Å². The lowest BCUT2D eigenvalue weighted by atomic mass is 10.6. The van der Waals surface area contributed by atoms with Crippen molar-refractivity contribution in [1.29, 1.82) is 0 Å². The normalized spacial score (nSPS) is 12.5. The Bertz CT molecular complexity index is 116. The summed E-state index contributed by atoms with van der Waals surface area (Å²) in [5, 5.41) is 0. The second-order valence-corrected chi connectivity index (χ2v) is 2.23. The van der Waals surface area contributed by atoms with Crippen molar-refractivity contribution >= 4 is 0 Å². The van der Waals surface area contributed by atoms with Crippen LogP contribution in [0.1, 0.15) is 6.92 Å². The lowest BCUT2D eigenvalue weighted by Gasteiger charge is -2.15. The van der Waals surface area contributed by atoms with Gasteiger partial charge in [0.05, 0.1) is 19.5 Å². The maximum atomic E-state index is 5.28. The van der Waals surface area contributed by atoms with Crippen LogP contribution in [0.2, 0.25) is 0 Å². The van der Waals surface area contributed by atoms with Crippen molar-refractivity contribution in [2.24, 2.45) is 0 Å². The van der Waals surface area contributed by atoms with E-state index in [9.17, 15) is 0 Å². The SMILES string of the molecule is C=COCC(OC)OCCOCC. The van der Waals surface area contributed by atoms with Crippen LogP contribution in [0, 0.1) is 0 Å². The van der Waals surface area contributed by atoms with E-state index < -0.39 is 0 Å². The first-order valence-electron chi connectivity index (χ1n) is 4.29. The number of ether oxygens (including phenoxy) is 4. The molecule has 0 radical (unpaired) electrons. The standard InChI is InChI=1S/C9H18O4/c1-4-11-6-7-13-9(10-3)8-12-5-2/h5,9H,2,4,6-8H2,1,3H3. The predicted octanol–water partition coefficient (Wildman–Crippen LogP) is 1.17. The van der Waals surface area contributed by atoms with Gasteiger partial charge >= 0.3 is 0 Å². The molecule has 1 atom stereocenters. The molecule has 4 heteroatoms. The van der Waals surface area contributed by atoms with Crippen LogP contribution in [-0.2, 0) is 18.9 Å². The molecule has 4 nitrogen and oxygen atoms in total. The molecule has 0 bridgehead atoms. The Labute approximate surface area is 79.4 Å². The molecule has 0 fully saturated rings. The van der Waals surface area contributed by atoms with E-state index in [1.54, 1.807) is 7.11 Å². The quantitative estimate of drug-likeness (QED) is 0.311. The van der Waals surface area contributed by atoms with Crippen molar-refractivity contribution in [2.45, 2.75) is 13.2 Å². The summed E-state index contributed by atoms with van der Waals surface area (Å²) >= 11 is 0. The van der Waals surface area contributed by atoms with Crippen LogP contribution >= 0.6 is 0 Å². The van der Waals surface area contributed by atoms with Gasteiger partial charge in [0.15, 0.2) is 6.29 Å². The third-order valence-electron chi connectivity index (χ3n) is 1.35. The molecule has 78 valence electrons. The molecule has 0 amide bonds. The molecule has 0 aliphatic rings. The fourth-order valence-electron chi connectivity index (χ4n) is 0.714. The largest absolute Gasteiger partial charge is 0.497 e. The maximum absolute atomic E-state index is 5.28. The predicted molar refractivity (Wildman–Crippen MR) is 49.4 cm³/mol. The summed E-state index contributed by atoms with van der Waals surface area (Å²) in [7, 11) is 1.57. The highest BCUT2D eigenvalue weighted by Gasteiger charge is 2.06. The van der Waals surface area contributed by atoms with Crippen molar-refractivity contribution < 1.29 is 18.9 Å². The Morgan fingerprint density at radius 2 is 2.15 bits per heavy atom. The minimum atomic E-state index is -0.349. The van der Waals surface area contributed by atoms with Gasteiger partial charge in [0.2, 0.25) is 0 Å². The van der Waals surface area contributed by atoms with Gasteiger partial charge in [0.25, 0.3) is 0 Å². The van der Waals surface area contributed by atoms with Gasteiger partial charge in [-0.15, -0.1) is 0 Å². The van der Waals surface area contributed by atoms with E-state index in [0.717, 1.165) is 0 Å². The maximum Gasteiger partial charge on any atom is 0.191 e. The monoisotopic (exact) mass is 190 g/mol. The van der Waals surface area contributed by atoms with Crippen LogP contribution in [0.5, 0.6) is 0 Å². The van der Waals surface area contributed by atoms with E-state index in [1.165, 1.54) is 6.26 Å². The average molecular weight is 190 g/mol. The van der Waals surface area contributed by atoms with E-state index in [4.69, 9.17) is 18.9 Å². The van der Waals surface area contributed by atoms with Gasteiger partial charge < -0.3 is 18.9 Å². The highest BCUT2D eigenvalue weighted by Crippen LogP contribution is 1.94. The van der Waals surface area contributed by atoms with Gasteiger partial charge in [-0.3, -0.25) is 0 Å². The molecule has 0 saturated carbocycles. The number of hydrogen-bond acceptors (Lipinski definition) is 4. The average Bonchev–Trinajstić information content (AvgIpc) is 2.17. The van der Waals surface area contributed by atoms with Crippen molar-refractivity contribution in [3.8, 4) is 0 Å². The van der Waals surface area contributed by atoms with Gasteiger partial charge in [-0.1, -0.05) is 6.58 Å². The van der Waals surface area contributed by atoms with Gasteiger partial charge in [-0.25, -0.2) is 0 Å². The first-order valence-corrected chi connectivity index (χ1v) is 4.29. The molecule has 0 N–H and O–H groups in total. The van der Waals surface area contributed by atoms with Crippen molar-refractivity contribution in [2.75, 3.05) is 33.5 Å². The molecule has 0 aromatic carbocycles. The molecule has 1 unspecified atom stereocenters. The van der Waals surface area contributed by atoms with Crippen molar-refractivity contribution in [3.05, 3.63) is 12.8 Å². The van der Waals surface area contributed by atoms with E-state index >= 15 is 0 Å². The summed E-state index contributed by atoms with van der Waals surface area (Å²) in [6.07, 6.45) is 1.01. The molecule has 13 heavy (non-hydrogen) atoms. The molecular weight excluding hydrogens is 172 g/mol. The van der Waals surface area contributed by atoms with Gasteiger partial charge in [0.1, 0.15) is 6.61 Å². The second kappa shape index (κ2) is 9.51. The van der Waals surface area contributed by atoms with Crippen LogP contribution in [0.3, 0.4) is 0 Å². The fraction of sp³-hybridized carbons (Fsp3) is 0.778. The third kappa shape index (κ3) is 7.77. The van der Waals surface area contributed by atoms with Crippen LogP contribution in [0.25, 0.3) is 0 Å². The zero-order chi connectivity index (χ0) is 9.94. The lowest BCUT2D eigenvalue weighted by Crippen LogP contribution is -2.23. The number of methoxy groups -OCH3 is 1. The fourth-order valence-corrected chi connectivity index (χ4v) is 0.714. The molecule has 0 aromatic heterocycles. The zero-order valence-corrected chi connectivity index (χ0v) is 8.32. The molecular formula is C9H18O4. The topological polar surface area (TPSA) is 36.9 Å². The first-order chi connectivity index (χ1) is 6.35. The third-order valence-corrected chi connectivity index (χ3v) is 1.35. The molecule has 0 aliphatic carbocycles. The highest BCUT2D eigenvalue weighted by atomic mass is 16.7. The van der Waals surface area contributed by atoms with Gasteiger partial charge in [-0.2, -0.15) is 0 Å². The summed E-state index contributed by atoms with van der Waals surface area (Å²) < 4.78 is 20.3. The van der Waals surface area contributed by atoms with E-state index in [0.29, 0.717) is 26.4 Å². The lowest BCUT2D eigenvalue weighted by molar-refractivity contribution is -0.154. The second-order valence-electron chi connectivity index (χ2n) is 2.23. The molecule has 0 saturated heterocycles. The molecule has 0 aromatic rings. The number of hydrogen-bond donors (Lipinski definition) is 0. The van der Waals surface area contributed by atoms with Crippen LogP contribution in [-0.4, -0.2) is 39.8 Å². The van der Waals surface area contributed by atoms with E-state index in [-0.39, 0.29) is 6.29 Å². The van der Waals surface area contributed by atoms with Gasteiger partial charge in [-0.05, 0) is 6.92 Å². The minimum Gasteiger partial charge on any atom is -0.497 e. The Morgan fingerprint density at radius 1 is 1.38 bits per heavy atom. The number of rotatable bonds is 9. The Kier molecular flexibility index (Phi) is 9.08. The Balaban J connectivity index is 3.30. The molecule has 0 aliphatic heterocycles. The van der Waals surface area contributed by atoms with Gasteiger partial charge in [0, 0.05) is 13.7 Å². The Morgan fingerprint density at radius 3 is 2.69 bits per heavy atom. The molecule has 0 spiro atoms. The summed E-state index contributed by atoms with van der Waals surface area (Å²) in [5.41, 5.74) is 0. The molecule has 0 rings (SSSR count). The van der Waals surface area contributed by atoms with Crippen LogP contribution < -0.4 is 0 Å². The summed E-state index contributed by atoms with van der Waals surface area (Å²) in [5.74, 6) is 0. The minimum absolute atomic E-state index is 0.349. The van der Waals surface area contributed by atoms with Crippen LogP contribution in [0.15, 0.2) is 12.8 Å². The smallest absolute Gasteiger partial charge is 0.191 e.